The van der Waals surface area contributed by atoms with Gasteiger partial charge < -0.3 is 20.1 Å². The minimum atomic E-state index is -3.13. The predicted octanol–water partition coefficient (Wildman–Crippen LogP) is -2.27. The molecule has 0 rings (SSSR count). The van der Waals surface area contributed by atoms with Crippen molar-refractivity contribution in [2.45, 2.75) is 12.5 Å². The first-order valence-corrected chi connectivity index (χ1v) is 2.93. The molecule has 6 nitrogen and oxygen atoms in total. The summed E-state index contributed by atoms with van der Waals surface area (Å²) >= 11 is 0. The highest BCUT2D eigenvalue weighted by atomic mass is 16.7. The Morgan fingerprint density at radius 3 is 2.45 bits per heavy atom. The molecule has 0 aliphatic heterocycles. The summed E-state index contributed by atoms with van der Waals surface area (Å²) in [5, 5.41) is 26.2. The zero-order valence-electron chi connectivity index (χ0n) is 6.07. The van der Waals surface area contributed by atoms with Gasteiger partial charge in [-0.2, -0.15) is 0 Å². The smallest absolute Gasteiger partial charge is 0.369 e. The normalized spacial score (nSPS) is 11.3. The van der Waals surface area contributed by atoms with Crippen molar-refractivity contribution < 1.29 is 24.9 Å². The molecule has 0 unspecified atom stereocenters. The fraction of sp³-hybridized carbons (Fsp3) is 0.800. The highest BCUT2D eigenvalue weighted by Crippen LogP contribution is 1.87. The highest BCUT2D eigenvalue weighted by molar-refractivity contribution is 5.76. The van der Waals surface area contributed by atoms with E-state index in [1.807, 2.05) is 0 Å². The van der Waals surface area contributed by atoms with Crippen LogP contribution < -0.4 is 5.32 Å². The van der Waals surface area contributed by atoms with E-state index in [-0.39, 0.29) is 13.0 Å². The van der Waals surface area contributed by atoms with Gasteiger partial charge in [0, 0.05) is 7.11 Å². The fourth-order valence-corrected chi connectivity index (χ4v) is 0.444. The Kier molecular flexibility index (Phi) is 3.98. The van der Waals surface area contributed by atoms with Gasteiger partial charge in [-0.3, -0.25) is 10.1 Å². The lowest BCUT2D eigenvalue weighted by atomic mass is 10.4. The maximum atomic E-state index is 10.5. The Hall–Kier alpha value is -0.690. The number of hydrogen-bond acceptors (Lipinski definition) is 5. The van der Waals surface area contributed by atoms with Gasteiger partial charge >= 0.3 is 6.10 Å². The first-order chi connectivity index (χ1) is 4.95. The average Bonchev–Trinajstić information content (AvgIpc) is 1.79. The lowest BCUT2D eigenvalue weighted by Gasteiger charge is -2.14. The second kappa shape index (κ2) is 4.24. The van der Waals surface area contributed by atoms with Crippen molar-refractivity contribution in [3.63, 3.8) is 0 Å². The number of ether oxygens (including phenoxy) is 1. The van der Waals surface area contributed by atoms with Crippen molar-refractivity contribution in [1.29, 1.82) is 0 Å². The van der Waals surface area contributed by atoms with Crippen molar-refractivity contribution in [2.75, 3.05) is 13.7 Å². The molecule has 0 saturated heterocycles. The van der Waals surface area contributed by atoms with Gasteiger partial charge in [0.05, 0.1) is 13.0 Å². The van der Waals surface area contributed by atoms with Crippen LogP contribution in [-0.4, -0.2) is 41.0 Å². The molecular formula is C5H11NO5. The first kappa shape index (κ1) is 10.3. The summed E-state index contributed by atoms with van der Waals surface area (Å²) in [6, 6.07) is 0. The van der Waals surface area contributed by atoms with Crippen LogP contribution in [0, 0.1) is 0 Å². The van der Waals surface area contributed by atoms with E-state index in [2.05, 4.69) is 4.74 Å². The van der Waals surface area contributed by atoms with E-state index in [9.17, 15) is 4.79 Å². The molecule has 0 bridgehead atoms. The van der Waals surface area contributed by atoms with Gasteiger partial charge in [-0.25, -0.2) is 0 Å². The third-order valence-corrected chi connectivity index (χ3v) is 0.840. The van der Waals surface area contributed by atoms with Crippen molar-refractivity contribution in [1.82, 2.24) is 5.32 Å². The number of carbonyl (C=O) groups excluding carboxylic acids is 1. The van der Waals surface area contributed by atoms with Crippen LogP contribution in [0.4, 0.5) is 0 Å². The van der Waals surface area contributed by atoms with Gasteiger partial charge in [0.25, 0.3) is 0 Å². The molecule has 0 atom stereocenters. The van der Waals surface area contributed by atoms with E-state index in [1.54, 1.807) is 0 Å². The standard InChI is InChI=1S/C5H11NO5/c1-11-3-2-4(7)6-5(8,9)10/h8-10H,2-3H2,1H3,(H,6,7). The molecule has 0 aliphatic rings. The van der Waals surface area contributed by atoms with E-state index < -0.39 is 12.0 Å². The zero-order valence-corrected chi connectivity index (χ0v) is 6.07. The summed E-state index contributed by atoms with van der Waals surface area (Å²) in [6.07, 6.45) is -3.18. The molecule has 0 saturated carbocycles. The molecule has 0 spiro atoms. The Bertz CT molecular complexity index is 129. The molecule has 0 heterocycles. The minimum Gasteiger partial charge on any atom is -0.384 e. The molecule has 0 aliphatic carbocycles. The number of carbonyl (C=O) groups is 1. The number of hydrogen-bond donors (Lipinski definition) is 4. The molecule has 66 valence electrons. The van der Waals surface area contributed by atoms with Crippen LogP contribution in [0.1, 0.15) is 6.42 Å². The molecule has 0 aromatic carbocycles. The van der Waals surface area contributed by atoms with Crippen molar-refractivity contribution in [3.05, 3.63) is 0 Å². The lowest BCUT2D eigenvalue weighted by molar-refractivity contribution is -0.326. The maximum absolute atomic E-state index is 10.5. The van der Waals surface area contributed by atoms with Crippen LogP contribution in [0.5, 0.6) is 0 Å². The largest absolute Gasteiger partial charge is 0.384 e. The molecule has 0 aromatic rings. The zero-order chi connectivity index (χ0) is 8.91. The highest BCUT2D eigenvalue weighted by Gasteiger charge is 2.20. The van der Waals surface area contributed by atoms with E-state index >= 15 is 0 Å². The molecule has 11 heavy (non-hydrogen) atoms. The van der Waals surface area contributed by atoms with Crippen LogP contribution >= 0.6 is 0 Å². The van der Waals surface area contributed by atoms with Crippen molar-refractivity contribution in [2.24, 2.45) is 0 Å². The van der Waals surface area contributed by atoms with Crippen LogP contribution in [0.2, 0.25) is 0 Å². The van der Waals surface area contributed by atoms with Gasteiger partial charge in [0.15, 0.2) is 0 Å². The summed E-state index contributed by atoms with van der Waals surface area (Å²) in [4.78, 5) is 10.5. The minimum absolute atomic E-state index is 0.0417. The van der Waals surface area contributed by atoms with E-state index in [0.717, 1.165) is 0 Å². The average molecular weight is 165 g/mol. The summed E-state index contributed by atoms with van der Waals surface area (Å²) < 4.78 is 4.52. The molecular weight excluding hydrogens is 154 g/mol. The Balaban J connectivity index is 3.53. The van der Waals surface area contributed by atoms with E-state index in [0.29, 0.717) is 0 Å². The van der Waals surface area contributed by atoms with Crippen LogP contribution in [0.15, 0.2) is 0 Å². The summed E-state index contributed by atoms with van der Waals surface area (Å²) in [5.74, 6) is -0.709. The summed E-state index contributed by atoms with van der Waals surface area (Å²) in [6.45, 7) is 0.155. The molecule has 0 fully saturated rings. The van der Waals surface area contributed by atoms with Gasteiger partial charge in [-0.05, 0) is 0 Å². The second-order valence-corrected chi connectivity index (χ2v) is 1.93. The monoisotopic (exact) mass is 165 g/mol. The fourth-order valence-electron chi connectivity index (χ4n) is 0.444. The Morgan fingerprint density at radius 2 is 2.09 bits per heavy atom. The SMILES string of the molecule is COCCC(=O)NC(O)(O)O. The molecule has 4 N–H and O–H groups in total. The number of rotatable bonds is 4. The van der Waals surface area contributed by atoms with Crippen LogP contribution in [0.3, 0.4) is 0 Å². The second-order valence-electron chi connectivity index (χ2n) is 1.93. The maximum Gasteiger partial charge on any atom is 0.369 e. The predicted molar refractivity (Wildman–Crippen MR) is 34.0 cm³/mol. The van der Waals surface area contributed by atoms with Crippen LogP contribution in [0.25, 0.3) is 0 Å². The molecule has 0 aromatic heterocycles. The molecule has 6 heteroatoms. The Labute approximate surface area is 63.4 Å². The van der Waals surface area contributed by atoms with Gasteiger partial charge in [0.1, 0.15) is 0 Å². The van der Waals surface area contributed by atoms with Gasteiger partial charge in [-0.15, -0.1) is 0 Å². The number of aliphatic hydroxyl groups is 3. The van der Waals surface area contributed by atoms with E-state index in [1.165, 1.54) is 12.4 Å². The number of nitrogens with one attached hydrogen (secondary N) is 1. The first-order valence-electron chi connectivity index (χ1n) is 2.93. The van der Waals surface area contributed by atoms with Crippen molar-refractivity contribution in [3.8, 4) is 0 Å². The lowest BCUT2D eigenvalue weighted by Crippen LogP contribution is -2.48. The van der Waals surface area contributed by atoms with E-state index in [4.69, 9.17) is 15.3 Å². The Morgan fingerprint density at radius 1 is 1.55 bits per heavy atom. The molecule has 0 radical (unpaired) electrons. The van der Waals surface area contributed by atoms with Crippen LogP contribution in [-0.2, 0) is 9.53 Å². The quantitative estimate of drug-likeness (QED) is 0.352. The summed E-state index contributed by atoms with van der Waals surface area (Å²) in [7, 11) is 1.40. The van der Waals surface area contributed by atoms with Gasteiger partial charge in [0.2, 0.25) is 5.91 Å². The third kappa shape index (κ3) is 7.20. The van der Waals surface area contributed by atoms with Crippen molar-refractivity contribution >= 4 is 5.91 Å². The molecule has 1 amide bonds. The number of amides is 1. The van der Waals surface area contributed by atoms with Gasteiger partial charge in [-0.1, -0.05) is 0 Å². The summed E-state index contributed by atoms with van der Waals surface area (Å²) in [5.41, 5.74) is 0. The topological polar surface area (TPSA) is 99.0 Å². The number of methoxy groups -OCH3 is 1. The third-order valence-electron chi connectivity index (χ3n) is 0.840.